The number of hydrogen-bond donors (Lipinski definition) is 1. The van der Waals surface area contributed by atoms with Crippen LogP contribution in [0.1, 0.15) is 21.6 Å². The van der Waals surface area contributed by atoms with Crippen molar-refractivity contribution in [2.75, 3.05) is 0 Å². The van der Waals surface area contributed by atoms with Gasteiger partial charge in [0, 0.05) is 18.3 Å². The molecule has 0 spiro atoms. The van der Waals surface area contributed by atoms with Crippen molar-refractivity contribution in [2.45, 2.75) is 6.42 Å². The van der Waals surface area contributed by atoms with Gasteiger partial charge in [0.2, 0.25) is 0 Å². The van der Waals surface area contributed by atoms with Crippen LogP contribution in [0.4, 0.5) is 0 Å². The molecule has 0 saturated heterocycles. The molecule has 4 nitrogen and oxygen atoms in total. The summed E-state index contributed by atoms with van der Waals surface area (Å²) < 4.78 is 1.92. The van der Waals surface area contributed by atoms with Gasteiger partial charge in [-0.1, -0.05) is 6.07 Å². The van der Waals surface area contributed by atoms with Gasteiger partial charge in [0.15, 0.2) is 6.29 Å². The predicted octanol–water partition coefficient (Wildman–Crippen LogP) is 2.78. The zero-order valence-corrected chi connectivity index (χ0v) is 12.0. The van der Waals surface area contributed by atoms with Gasteiger partial charge in [-0.15, -0.1) is 0 Å². The van der Waals surface area contributed by atoms with Crippen LogP contribution in [0.15, 0.2) is 30.5 Å². The molecular formula is C11H10IN2O2P. The van der Waals surface area contributed by atoms with E-state index < -0.39 is 0 Å². The summed E-state index contributed by atoms with van der Waals surface area (Å²) in [6, 6.07) is 7.02. The Labute approximate surface area is 113 Å². The highest BCUT2D eigenvalue weighted by atomic mass is 127. The van der Waals surface area contributed by atoms with Crippen LogP contribution >= 0.6 is 28.4 Å². The third kappa shape index (κ3) is 2.84. The SMILES string of the molecule is O=Cc1cc(Cc2ccnn2PI)ccc1O. The number of halogens is 1. The minimum absolute atomic E-state index is 0.0213. The Bertz CT molecular complexity index is 542. The topological polar surface area (TPSA) is 55.1 Å². The molecule has 0 saturated carbocycles. The van der Waals surface area contributed by atoms with E-state index in [9.17, 15) is 9.90 Å². The van der Waals surface area contributed by atoms with Gasteiger partial charge < -0.3 is 5.11 Å². The Balaban J connectivity index is 2.27. The van der Waals surface area contributed by atoms with Crippen molar-refractivity contribution in [3.63, 3.8) is 0 Å². The highest BCUT2D eigenvalue weighted by Crippen LogP contribution is 2.26. The van der Waals surface area contributed by atoms with Crippen molar-refractivity contribution in [1.29, 1.82) is 0 Å². The van der Waals surface area contributed by atoms with E-state index in [0.717, 1.165) is 11.3 Å². The maximum atomic E-state index is 10.7. The number of phenols is 1. The van der Waals surface area contributed by atoms with Crippen molar-refractivity contribution in [3.8, 4) is 5.75 Å². The molecule has 88 valence electrons. The lowest BCUT2D eigenvalue weighted by Gasteiger charge is -2.05. The summed E-state index contributed by atoms with van der Waals surface area (Å²) in [4.78, 5) is 10.7. The number of carbonyl (C=O) groups excluding carboxylic acids is 1. The first-order valence-electron chi connectivity index (χ1n) is 4.91. The summed E-state index contributed by atoms with van der Waals surface area (Å²) >= 11 is 2.27. The normalized spacial score (nSPS) is 11.1. The highest BCUT2D eigenvalue weighted by Gasteiger charge is 2.06. The van der Waals surface area contributed by atoms with Crippen molar-refractivity contribution in [2.24, 2.45) is 0 Å². The van der Waals surface area contributed by atoms with E-state index in [2.05, 4.69) is 27.1 Å². The molecule has 2 rings (SSSR count). The largest absolute Gasteiger partial charge is 0.507 e. The standard InChI is InChI=1S/C11H10IN2O2P/c12-17-14-10(3-4-13-14)6-8-1-2-11(16)9(5-8)7-15/h1-5,7,16-17H,6H2. The number of aromatic nitrogens is 2. The van der Waals surface area contributed by atoms with Crippen LogP contribution in [0.25, 0.3) is 0 Å². The van der Waals surface area contributed by atoms with Gasteiger partial charge in [0.1, 0.15) is 5.75 Å². The smallest absolute Gasteiger partial charge is 0.153 e. The third-order valence-electron chi connectivity index (χ3n) is 2.41. The molecule has 0 radical (unpaired) electrons. The number of nitrogens with zero attached hydrogens (tertiary/aromatic N) is 2. The van der Waals surface area contributed by atoms with Crippen LogP contribution in [0.2, 0.25) is 0 Å². The lowest BCUT2D eigenvalue weighted by molar-refractivity contribution is 0.112. The third-order valence-corrected chi connectivity index (χ3v) is 4.34. The first-order valence-corrected chi connectivity index (χ1v) is 8.97. The highest BCUT2D eigenvalue weighted by molar-refractivity contribution is 14.2. The lowest BCUT2D eigenvalue weighted by atomic mass is 10.1. The average Bonchev–Trinajstić information content (AvgIpc) is 2.79. The Morgan fingerprint density at radius 2 is 2.29 bits per heavy atom. The van der Waals surface area contributed by atoms with E-state index in [-0.39, 0.29) is 5.75 Å². The molecule has 1 heterocycles. The van der Waals surface area contributed by atoms with Crippen molar-refractivity contribution in [1.82, 2.24) is 9.55 Å². The van der Waals surface area contributed by atoms with Crippen LogP contribution in [0.5, 0.6) is 5.75 Å². The number of rotatable bonds is 4. The second-order valence-corrected chi connectivity index (χ2v) is 5.55. The molecule has 0 fully saturated rings. The molecular weight excluding hydrogens is 350 g/mol. The molecule has 6 heteroatoms. The molecule has 0 aliphatic rings. The van der Waals surface area contributed by atoms with Gasteiger partial charge in [-0.25, -0.2) is 4.45 Å². The quantitative estimate of drug-likeness (QED) is 0.518. The molecule has 2 aromatic rings. The van der Waals surface area contributed by atoms with Crippen LogP contribution in [0, 0.1) is 0 Å². The first kappa shape index (κ1) is 12.5. The summed E-state index contributed by atoms with van der Waals surface area (Å²) in [5, 5.41) is 13.6. The van der Waals surface area contributed by atoms with E-state index in [4.69, 9.17) is 0 Å². The van der Waals surface area contributed by atoms with Crippen molar-refractivity contribution in [3.05, 3.63) is 47.3 Å². The van der Waals surface area contributed by atoms with Gasteiger partial charge in [0.25, 0.3) is 0 Å². The Kier molecular flexibility index (Phi) is 4.12. The summed E-state index contributed by atoms with van der Waals surface area (Å²) in [5.74, 6) is 0.0213. The molecule has 0 amide bonds. The molecule has 1 aromatic carbocycles. The van der Waals surface area contributed by atoms with Gasteiger partial charge in [-0.2, -0.15) is 5.10 Å². The number of aromatic hydroxyl groups is 1. The molecule has 0 bridgehead atoms. The zero-order valence-electron chi connectivity index (χ0n) is 8.80. The Hall–Kier alpha value is -0.940. The van der Waals surface area contributed by atoms with Crippen molar-refractivity contribution < 1.29 is 9.90 Å². The number of hydrogen-bond acceptors (Lipinski definition) is 3. The number of benzene rings is 1. The minimum Gasteiger partial charge on any atom is -0.507 e. The van der Waals surface area contributed by atoms with E-state index in [1.54, 1.807) is 18.3 Å². The van der Waals surface area contributed by atoms with Gasteiger partial charge in [0.05, 0.1) is 11.9 Å². The van der Waals surface area contributed by atoms with Gasteiger partial charge in [-0.05, 0) is 45.8 Å². The summed E-state index contributed by atoms with van der Waals surface area (Å²) in [5.41, 5.74) is 2.41. The molecule has 1 unspecified atom stereocenters. The maximum Gasteiger partial charge on any atom is 0.153 e. The van der Waals surface area contributed by atoms with E-state index in [0.29, 0.717) is 24.6 Å². The van der Waals surface area contributed by atoms with Crippen LogP contribution in [0.3, 0.4) is 0 Å². The van der Waals surface area contributed by atoms with Crippen LogP contribution in [-0.4, -0.2) is 20.9 Å². The molecule has 17 heavy (non-hydrogen) atoms. The summed E-state index contributed by atoms with van der Waals surface area (Å²) in [7, 11) is 0. The maximum absolute atomic E-state index is 10.7. The monoisotopic (exact) mass is 360 g/mol. The number of carbonyl (C=O) groups is 1. The summed E-state index contributed by atoms with van der Waals surface area (Å²) in [6.07, 6.45) is 3.69. The zero-order chi connectivity index (χ0) is 12.3. The number of phenolic OH excluding ortho intramolecular Hbond substituents is 1. The van der Waals surface area contributed by atoms with E-state index in [1.807, 2.05) is 16.6 Å². The fourth-order valence-electron chi connectivity index (χ4n) is 1.56. The van der Waals surface area contributed by atoms with Crippen LogP contribution in [-0.2, 0) is 6.42 Å². The Morgan fingerprint density at radius 3 is 3.00 bits per heavy atom. The molecule has 1 aromatic heterocycles. The van der Waals surface area contributed by atoms with E-state index in [1.165, 1.54) is 0 Å². The second kappa shape index (κ2) is 5.60. The lowest BCUT2D eigenvalue weighted by Crippen LogP contribution is -1.96. The Morgan fingerprint density at radius 1 is 1.47 bits per heavy atom. The first-order chi connectivity index (χ1) is 8.24. The molecule has 1 N–H and O–H groups in total. The van der Waals surface area contributed by atoms with E-state index >= 15 is 0 Å². The average molecular weight is 360 g/mol. The summed E-state index contributed by atoms with van der Waals surface area (Å²) in [6.45, 7) is 0. The number of aldehydes is 1. The second-order valence-electron chi connectivity index (χ2n) is 3.51. The van der Waals surface area contributed by atoms with Crippen LogP contribution < -0.4 is 0 Å². The fourth-order valence-corrected chi connectivity index (χ4v) is 3.23. The van der Waals surface area contributed by atoms with Crippen molar-refractivity contribution >= 4 is 34.7 Å². The van der Waals surface area contributed by atoms with Gasteiger partial charge in [-0.3, -0.25) is 4.79 Å². The fraction of sp³-hybridized carbons (Fsp3) is 0.0909. The predicted molar refractivity (Wildman–Crippen MR) is 76.3 cm³/mol. The van der Waals surface area contributed by atoms with Gasteiger partial charge >= 0.3 is 0 Å². The molecule has 0 aliphatic carbocycles. The molecule has 1 atom stereocenters. The molecule has 0 aliphatic heterocycles. The minimum atomic E-state index is 0.0213.